The van der Waals surface area contributed by atoms with Gasteiger partial charge < -0.3 is 14.5 Å². The van der Waals surface area contributed by atoms with Crippen LogP contribution in [0.2, 0.25) is 0 Å². The van der Waals surface area contributed by atoms with E-state index in [0.29, 0.717) is 38.0 Å². The summed E-state index contributed by atoms with van der Waals surface area (Å²) in [5, 5.41) is 2.32. The van der Waals surface area contributed by atoms with E-state index in [-0.39, 0.29) is 24.3 Å². The van der Waals surface area contributed by atoms with Crippen molar-refractivity contribution in [1.29, 1.82) is 0 Å². The number of fused-ring (bicyclic) bond motifs is 1. The molecular weight excluding hydrogens is 398 g/mol. The van der Waals surface area contributed by atoms with Gasteiger partial charge in [0.1, 0.15) is 11.6 Å². The first kappa shape index (κ1) is 21.1. The lowest BCUT2D eigenvalue weighted by Gasteiger charge is -2.29. The number of nitrogens with zero attached hydrogens (tertiary/aromatic N) is 2. The van der Waals surface area contributed by atoms with Crippen molar-refractivity contribution in [2.75, 3.05) is 13.1 Å². The molecule has 164 valence electrons. The van der Waals surface area contributed by atoms with Crippen LogP contribution in [-0.2, 0) is 20.9 Å². The lowest BCUT2D eigenvalue weighted by molar-refractivity contribution is -0.136. The molecule has 3 aliphatic rings. The molecule has 1 unspecified atom stereocenters. The van der Waals surface area contributed by atoms with Gasteiger partial charge in [-0.1, -0.05) is 12.1 Å². The normalized spacial score (nSPS) is 21.6. The molecule has 0 aromatic heterocycles. The number of rotatable bonds is 2. The van der Waals surface area contributed by atoms with Crippen molar-refractivity contribution in [1.82, 2.24) is 15.1 Å². The molecule has 31 heavy (non-hydrogen) atoms. The quantitative estimate of drug-likeness (QED) is 0.735. The van der Waals surface area contributed by atoms with Gasteiger partial charge in [0.25, 0.3) is 5.91 Å². The van der Waals surface area contributed by atoms with Gasteiger partial charge in [-0.25, -0.2) is 4.79 Å². The SMILES string of the molecule is CC(C)(C)OC(=O)N1CC=C(c2ccc3c(c2)CN(C2CCC(=O)NC2=O)C3=O)CC1. The zero-order valence-corrected chi connectivity index (χ0v) is 18.1. The molecule has 3 aliphatic heterocycles. The van der Waals surface area contributed by atoms with Crippen molar-refractivity contribution in [3.8, 4) is 0 Å². The van der Waals surface area contributed by atoms with Crippen molar-refractivity contribution >= 4 is 29.4 Å². The Bertz CT molecular complexity index is 991. The minimum absolute atomic E-state index is 0.176. The summed E-state index contributed by atoms with van der Waals surface area (Å²) < 4.78 is 5.44. The Balaban J connectivity index is 1.46. The molecule has 0 aliphatic carbocycles. The topological polar surface area (TPSA) is 96.0 Å². The van der Waals surface area contributed by atoms with Crippen LogP contribution in [0.15, 0.2) is 24.3 Å². The maximum absolute atomic E-state index is 12.8. The second-order valence-electron chi connectivity index (χ2n) is 9.18. The number of carbonyl (C=O) groups excluding carboxylic acids is 4. The van der Waals surface area contributed by atoms with E-state index in [1.54, 1.807) is 15.9 Å². The molecule has 4 amide bonds. The van der Waals surface area contributed by atoms with Crippen LogP contribution in [0.1, 0.15) is 61.5 Å². The van der Waals surface area contributed by atoms with E-state index >= 15 is 0 Å². The molecule has 3 heterocycles. The first-order valence-corrected chi connectivity index (χ1v) is 10.6. The van der Waals surface area contributed by atoms with E-state index < -0.39 is 17.6 Å². The van der Waals surface area contributed by atoms with Gasteiger partial charge in [-0.05, 0) is 62.4 Å². The standard InChI is InChI=1S/C23H27N3O5/c1-23(2,3)31-22(30)25-10-8-14(9-11-25)15-4-5-17-16(12-15)13-26(21(17)29)18-6-7-19(27)24-20(18)28/h4-5,8,12,18H,6-7,9-11,13H2,1-3H3,(H,24,27,28). The van der Waals surface area contributed by atoms with Gasteiger partial charge in [0.05, 0.1) is 0 Å². The average molecular weight is 425 g/mol. The molecule has 0 radical (unpaired) electrons. The van der Waals surface area contributed by atoms with Crippen molar-refractivity contribution in [2.24, 2.45) is 0 Å². The van der Waals surface area contributed by atoms with Gasteiger partial charge in [-0.3, -0.25) is 19.7 Å². The van der Waals surface area contributed by atoms with E-state index in [4.69, 9.17) is 4.74 Å². The molecule has 0 saturated carbocycles. The monoisotopic (exact) mass is 425 g/mol. The molecule has 1 fully saturated rings. The van der Waals surface area contributed by atoms with E-state index in [1.807, 2.05) is 39.0 Å². The molecule has 4 rings (SSSR count). The van der Waals surface area contributed by atoms with E-state index in [2.05, 4.69) is 5.32 Å². The Morgan fingerprint density at radius 3 is 2.58 bits per heavy atom. The third-order valence-corrected chi connectivity index (χ3v) is 5.76. The fourth-order valence-electron chi connectivity index (χ4n) is 4.20. The highest BCUT2D eigenvalue weighted by atomic mass is 16.6. The lowest BCUT2D eigenvalue weighted by atomic mass is 9.96. The highest BCUT2D eigenvalue weighted by Gasteiger charge is 2.39. The van der Waals surface area contributed by atoms with Crippen molar-refractivity contribution in [2.45, 2.75) is 58.2 Å². The predicted molar refractivity (Wildman–Crippen MR) is 113 cm³/mol. The Hall–Kier alpha value is -3.16. The maximum atomic E-state index is 12.8. The minimum atomic E-state index is -0.614. The molecule has 1 aromatic rings. The number of piperidine rings is 1. The number of ether oxygens (including phenoxy) is 1. The number of benzene rings is 1. The van der Waals surface area contributed by atoms with Crippen LogP contribution in [0.25, 0.3) is 5.57 Å². The van der Waals surface area contributed by atoms with Crippen LogP contribution in [0.3, 0.4) is 0 Å². The summed E-state index contributed by atoms with van der Waals surface area (Å²) in [6, 6.07) is 5.10. The van der Waals surface area contributed by atoms with Gasteiger partial charge in [-0.15, -0.1) is 0 Å². The highest BCUT2D eigenvalue weighted by Crippen LogP contribution is 2.31. The first-order chi connectivity index (χ1) is 14.6. The fourth-order valence-corrected chi connectivity index (χ4v) is 4.20. The third kappa shape index (κ3) is 4.33. The summed E-state index contributed by atoms with van der Waals surface area (Å²) in [4.78, 5) is 51.9. The largest absolute Gasteiger partial charge is 0.444 e. The summed E-state index contributed by atoms with van der Waals surface area (Å²) in [6.07, 6.45) is 2.99. The van der Waals surface area contributed by atoms with Crippen LogP contribution in [0, 0.1) is 0 Å². The molecule has 8 nitrogen and oxygen atoms in total. The molecule has 1 aromatic carbocycles. The third-order valence-electron chi connectivity index (χ3n) is 5.76. The highest BCUT2D eigenvalue weighted by molar-refractivity contribution is 6.05. The Morgan fingerprint density at radius 2 is 1.94 bits per heavy atom. The molecular formula is C23H27N3O5. The summed E-state index contributed by atoms with van der Waals surface area (Å²) in [7, 11) is 0. The van der Waals surface area contributed by atoms with Gasteiger partial charge in [0, 0.05) is 31.6 Å². The van der Waals surface area contributed by atoms with Crippen LogP contribution in [-0.4, -0.2) is 58.3 Å². The van der Waals surface area contributed by atoms with Gasteiger partial charge in [-0.2, -0.15) is 0 Å². The van der Waals surface area contributed by atoms with E-state index in [9.17, 15) is 19.2 Å². The predicted octanol–water partition coefficient (Wildman–Crippen LogP) is 2.47. The molecule has 1 N–H and O–H groups in total. The number of amides is 4. The molecule has 1 atom stereocenters. The van der Waals surface area contributed by atoms with E-state index in [0.717, 1.165) is 16.7 Å². The van der Waals surface area contributed by atoms with Gasteiger partial charge in [0.2, 0.25) is 11.8 Å². The number of nitrogens with one attached hydrogen (secondary N) is 1. The Labute approximate surface area is 181 Å². The molecule has 1 saturated heterocycles. The molecule has 8 heteroatoms. The van der Waals surface area contributed by atoms with Crippen LogP contribution >= 0.6 is 0 Å². The smallest absolute Gasteiger partial charge is 0.410 e. The minimum Gasteiger partial charge on any atom is -0.444 e. The Morgan fingerprint density at radius 1 is 1.16 bits per heavy atom. The number of hydrogen-bond acceptors (Lipinski definition) is 5. The lowest BCUT2D eigenvalue weighted by Crippen LogP contribution is -2.52. The summed E-state index contributed by atoms with van der Waals surface area (Å²) in [5.74, 6) is -0.878. The van der Waals surface area contributed by atoms with Crippen molar-refractivity contribution in [3.63, 3.8) is 0 Å². The number of imide groups is 1. The average Bonchev–Trinajstić information content (AvgIpc) is 3.02. The van der Waals surface area contributed by atoms with Gasteiger partial charge in [0.15, 0.2) is 0 Å². The number of carbonyl (C=O) groups is 4. The van der Waals surface area contributed by atoms with Gasteiger partial charge >= 0.3 is 6.09 Å². The fraction of sp³-hybridized carbons (Fsp3) is 0.478. The van der Waals surface area contributed by atoms with Crippen LogP contribution < -0.4 is 5.32 Å². The van der Waals surface area contributed by atoms with Crippen molar-refractivity contribution in [3.05, 3.63) is 41.0 Å². The zero-order chi connectivity index (χ0) is 22.3. The summed E-state index contributed by atoms with van der Waals surface area (Å²) in [6.45, 7) is 6.94. The van der Waals surface area contributed by atoms with Crippen LogP contribution in [0.5, 0.6) is 0 Å². The summed E-state index contributed by atoms with van der Waals surface area (Å²) >= 11 is 0. The van der Waals surface area contributed by atoms with Crippen LogP contribution in [0.4, 0.5) is 4.79 Å². The molecule has 0 spiro atoms. The number of hydrogen-bond donors (Lipinski definition) is 1. The molecule has 0 bridgehead atoms. The second-order valence-corrected chi connectivity index (χ2v) is 9.18. The van der Waals surface area contributed by atoms with E-state index in [1.165, 1.54) is 0 Å². The van der Waals surface area contributed by atoms with Crippen molar-refractivity contribution < 1.29 is 23.9 Å². The maximum Gasteiger partial charge on any atom is 0.410 e. The Kier molecular flexibility index (Phi) is 5.33. The summed E-state index contributed by atoms with van der Waals surface area (Å²) in [5.41, 5.74) is 3.08. The second kappa shape index (κ2) is 7.83. The first-order valence-electron chi connectivity index (χ1n) is 10.6. The zero-order valence-electron chi connectivity index (χ0n) is 18.1.